The summed E-state index contributed by atoms with van der Waals surface area (Å²) in [6, 6.07) is 10.7. The Balaban J connectivity index is 1.86. The van der Waals surface area contributed by atoms with Crippen LogP contribution in [0.2, 0.25) is 5.02 Å². The number of nitrogens with one attached hydrogen (secondary N) is 1. The number of hydrogen-bond donors (Lipinski definition) is 1. The number of pyridine rings is 3. The molecule has 9 heteroatoms. The highest BCUT2D eigenvalue weighted by atomic mass is 35.5. The fourth-order valence-corrected chi connectivity index (χ4v) is 4.73. The zero-order valence-corrected chi connectivity index (χ0v) is 20.9. The first-order chi connectivity index (χ1) is 16.1. The Bertz CT molecular complexity index is 1420. The van der Waals surface area contributed by atoms with E-state index in [1.54, 1.807) is 50.6 Å². The van der Waals surface area contributed by atoms with Crippen LogP contribution in [0.4, 0.5) is 14.5 Å². The van der Waals surface area contributed by atoms with E-state index < -0.39 is 13.0 Å². The van der Waals surface area contributed by atoms with Crippen molar-refractivity contribution < 1.29 is 13.3 Å². The van der Waals surface area contributed by atoms with Crippen molar-refractivity contribution in [1.82, 2.24) is 15.0 Å². The molecule has 1 aromatic carbocycles. The van der Waals surface area contributed by atoms with Crippen LogP contribution in [0, 0.1) is 18.6 Å². The van der Waals surface area contributed by atoms with Crippen molar-refractivity contribution in [3.63, 3.8) is 0 Å². The molecule has 0 bridgehead atoms. The minimum absolute atomic E-state index is 0.0669. The summed E-state index contributed by atoms with van der Waals surface area (Å²) < 4.78 is 41.8. The molecule has 4 aromatic rings. The van der Waals surface area contributed by atoms with Gasteiger partial charge in [-0.05, 0) is 44.9 Å². The maximum Gasteiger partial charge on any atom is 0.151 e. The second kappa shape index (κ2) is 9.40. The molecule has 176 valence electrons. The van der Waals surface area contributed by atoms with Crippen LogP contribution in [0.3, 0.4) is 0 Å². The molecule has 0 spiro atoms. The molecule has 1 unspecified atom stereocenters. The molecule has 5 nitrogen and oxygen atoms in total. The maximum atomic E-state index is 15.1. The van der Waals surface area contributed by atoms with Gasteiger partial charge in [0.15, 0.2) is 5.82 Å². The number of benzene rings is 1. The van der Waals surface area contributed by atoms with E-state index in [1.807, 2.05) is 6.92 Å². The zero-order valence-electron chi connectivity index (χ0n) is 19.2. The van der Waals surface area contributed by atoms with Crippen molar-refractivity contribution in [2.75, 3.05) is 18.6 Å². The second-order valence-corrected chi connectivity index (χ2v) is 12.0. The maximum absolute atomic E-state index is 15.1. The van der Waals surface area contributed by atoms with Gasteiger partial charge < -0.3 is 9.88 Å². The van der Waals surface area contributed by atoms with Crippen LogP contribution in [-0.4, -0.2) is 28.3 Å². The van der Waals surface area contributed by atoms with E-state index in [1.165, 1.54) is 18.3 Å². The number of aryl methyl sites for hydroxylation is 1. The smallest absolute Gasteiger partial charge is 0.151 e. The molecule has 0 radical (unpaired) electrons. The van der Waals surface area contributed by atoms with Gasteiger partial charge in [0.25, 0.3) is 0 Å². The van der Waals surface area contributed by atoms with Crippen LogP contribution in [0.5, 0.6) is 0 Å². The van der Waals surface area contributed by atoms with Gasteiger partial charge in [-0.25, -0.2) is 18.7 Å². The molecule has 3 heterocycles. The summed E-state index contributed by atoms with van der Waals surface area (Å²) >= 11 is 6.61. The normalized spacial score (nSPS) is 12.7. The van der Waals surface area contributed by atoms with Crippen LogP contribution in [-0.2, 0) is 4.57 Å². The monoisotopic (exact) mass is 500 g/mol. The average Bonchev–Trinajstić information content (AvgIpc) is 2.80. The Morgan fingerprint density at radius 2 is 1.82 bits per heavy atom. The van der Waals surface area contributed by atoms with Crippen LogP contribution in [0.25, 0.3) is 22.3 Å². The highest BCUT2D eigenvalue weighted by Gasteiger charge is 2.21. The SMILES string of the molecule is CCC(Nc1c(Cl)c(C)nc2cc(F)c(-c3ccc(P(C)(C)=O)nc3)nc12)c1ccccc1F. The Morgan fingerprint density at radius 1 is 1.09 bits per heavy atom. The van der Waals surface area contributed by atoms with E-state index in [9.17, 15) is 8.96 Å². The Hall–Kier alpha value is -2.89. The number of halogens is 3. The summed E-state index contributed by atoms with van der Waals surface area (Å²) in [6.07, 6.45) is 2.03. The Kier molecular flexibility index (Phi) is 6.70. The third kappa shape index (κ3) is 4.68. The lowest BCUT2D eigenvalue weighted by Gasteiger charge is -2.22. The van der Waals surface area contributed by atoms with Gasteiger partial charge in [-0.2, -0.15) is 0 Å². The molecular formula is C25H24ClF2N4OP. The van der Waals surface area contributed by atoms with Gasteiger partial charge in [-0.3, -0.25) is 4.98 Å². The second-order valence-electron chi connectivity index (χ2n) is 8.46. The predicted octanol–water partition coefficient (Wildman–Crippen LogP) is 6.74. The quantitative estimate of drug-likeness (QED) is 0.297. The highest BCUT2D eigenvalue weighted by Crippen LogP contribution is 2.38. The molecule has 0 fully saturated rings. The van der Waals surface area contributed by atoms with Gasteiger partial charge in [-0.1, -0.05) is 36.7 Å². The number of aromatic nitrogens is 3. The van der Waals surface area contributed by atoms with Gasteiger partial charge in [0, 0.05) is 23.4 Å². The van der Waals surface area contributed by atoms with E-state index in [-0.39, 0.29) is 17.6 Å². The summed E-state index contributed by atoms with van der Waals surface area (Å²) in [7, 11) is -2.55. The minimum Gasteiger partial charge on any atom is -0.375 e. The third-order valence-electron chi connectivity index (χ3n) is 5.60. The molecule has 0 saturated carbocycles. The Labute approximate surface area is 202 Å². The van der Waals surface area contributed by atoms with Crippen molar-refractivity contribution in [3.05, 3.63) is 76.6 Å². The first-order valence-corrected chi connectivity index (χ1v) is 13.8. The van der Waals surface area contributed by atoms with Gasteiger partial charge in [0.1, 0.15) is 24.2 Å². The molecule has 0 aliphatic carbocycles. The number of anilines is 1. The molecular weight excluding hydrogens is 477 g/mol. The van der Waals surface area contributed by atoms with Crippen molar-refractivity contribution in [3.8, 4) is 11.3 Å². The lowest BCUT2D eigenvalue weighted by Crippen LogP contribution is -2.13. The zero-order chi connectivity index (χ0) is 24.6. The molecule has 34 heavy (non-hydrogen) atoms. The van der Waals surface area contributed by atoms with E-state index in [0.29, 0.717) is 50.4 Å². The first kappa shape index (κ1) is 24.2. The molecule has 1 atom stereocenters. The van der Waals surface area contributed by atoms with Crippen molar-refractivity contribution in [2.24, 2.45) is 0 Å². The lowest BCUT2D eigenvalue weighted by molar-refractivity contribution is 0.587. The van der Waals surface area contributed by atoms with Gasteiger partial charge >= 0.3 is 0 Å². The van der Waals surface area contributed by atoms with Crippen LogP contribution < -0.4 is 10.8 Å². The Morgan fingerprint density at radius 3 is 2.44 bits per heavy atom. The molecule has 0 aliphatic rings. The van der Waals surface area contributed by atoms with Gasteiger partial charge in [0.2, 0.25) is 0 Å². The largest absolute Gasteiger partial charge is 0.375 e. The number of fused-ring (bicyclic) bond motifs is 1. The van der Waals surface area contributed by atoms with Crippen LogP contribution in [0.1, 0.15) is 30.6 Å². The van der Waals surface area contributed by atoms with Gasteiger partial charge in [-0.15, -0.1) is 0 Å². The topological polar surface area (TPSA) is 67.8 Å². The number of nitrogens with zero attached hydrogens (tertiary/aromatic N) is 3. The standard InChI is InChI=1S/C25H24ClF2N4OP/c1-5-19(16-8-6-7-9-17(16)27)31-25-22(26)14(2)30-20-12-18(28)23(32-24(20)25)15-10-11-21(29-13-15)34(3,4)33/h6-13,19H,5H2,1-4H3,(H,30,31). The summed E-state index contributed by atoms with van der Waals surface area (Å²) in [5.74, 6) is -0.900. The molecule has 0 amide bonds. The number of hydrogen-bond acceptors (Lipinski definition) is 5. The summed E-state index contributed by atoms with van der Waals surface area (Å²) in [6.45, 7) is 6.90. The third-order valence-corrected chi connectivity index (χ3v) is 7.43. The molecule has 3 aromatic heterocycles. The van der Waals surface area contributed by atoms with E-state index in [4.69, 9.17) is 11.6 Å². The van der Waals surface area contributed by atoms with Gasteiger partial charge in [0.05, 0.1) is 33.4 Å². The van der Waals surface area contributed by atoms with Crippen LogP contribution >= 0.6 is 18.7 Å². The molecule has 0 aliphatic heterocycles. The fourth-order valence-electron chi connectivity index (χ4n) is 3.77. The molecule has 0 saturated heterocycles. The predicted molar refractivity (Wildman–Crippen MR) is 135 cm³/mol. The van der Waals surface area contributed by atoms with Crippen molar-refractivity contribution >= 4 is 40.9 Å². The van der Waals surface area contributed by atoms with Crippen LogP contribution in [0.15, 0.2) is 48.7 Å². The van der Waals surface area contributed by atoms with E-state index >= 15 is 4.39 Å². The number of rotatable bonds is 6. The van der Waals surface area contributed by atoms with E-state index in [2.05, 4.69) is 20.3 Å². The molecule has 4 rings (SSSR count). The first-order valence-electron chi connectivity index (χ1n) is 10.8. The summed E-state index contributed by atoms with van der Waals surface area (Å²) in [4.78, 5) is 13.2. The lowest BCUT2D eigenvalue weighted by atomic mass is 10.0. The summed E-state index contributed by atoms with van der Waals surface area (Å²) in [5, 5.41) is 3.65. The fraction of sp³-hybridized carbons (Fsp3) is 0.240. The van der Waals surface area contributed by atoms with Crippen molar-refractivity contribution in [2.45, 2.75) is 26.3 Å². The van der Waals surface area contributed by atoms with E-state index in [0.717, 1.165) is 0 Å². The molecule has 1 N–H and O–H groups in total. The van der Waals surface area contributed by atoms with Crippen molar-refractivity contribution in [1.29, 1.82) is 0 Å². The minimum atomic E-state index is -2.55. The summed E-state index contributed by atoms with van der Waals surface area (Å²) in [5.41, 5.74) is 3.09. The highest BCUT2D eigenvalue weighted by molar-refractivity contribution is 7.69. The average molecular weight is 501 g/mol.